The minimum Gasteiger partial charge on any atom is -0.325 e. The highest BCUT2D eigenvalue weighted by Crippen LogP contribution is 2.35. The molecule has 0 unspecified atom stereocenters. The summed E-state index contributed by atoms with van der Waals surface area (Å²) in [4.78, 5) is 4.85. The van der Waals surface area contributed by atoms with Crippen LogP contribution in [0.25, 0.3) is 16.9 Å². The predicted octanol–water partition coefficient (Wildman–Crippen LogP) is 6.11. The topological polar surface area (TPSA) is 35.6 Å². The average molecular weight is 400 g/mol. The number of benzene rings is 1. The van der Waals surface area contributed by atoms with Gasteiger partial charge in [0, 0.05) is 18.0 Å². The van der Waals surface area contributed by atoms with E-state index < -0.39 is 0 Å². The van der Waals surface area contributed by atoms with E-state index in [2.05, 4.69) is 25.3 Å². The summed E-state index contributed by atoms with van der Waals surface area (Å²) in [6, 6.07) is 3.36. The number of imidazole rings is 1. The molecule has 2 aromatic heterocycles. The molecule has 0 aliphatic rings. The lowest BCUT2D eigenvalue weighted by molar-refractivity contribution is 0.617. The lowest BCUT2D eigenvalue weighted by atomic mass is 10.3. The van der Waals surface area contributed by atoms with Crippen molar-refractivity contribution in [3.8, 4) is 5.69 Å². The van der Waals surface area contributed by atoms with Crippen LogP contribution in [0, 0.1) is 0 Å². The summed E-state index contributed by atoms with van der Waals surface area (Å²) in [7, 11) is 0. The highest BCUT2D eigenvalue weighted by molar-refractivity contribution is 6.40. The van der Waals surface area contributed by atoms with Gasteiger partial charge in [-0.3, -0.25) is 0 Å². The lowest BCUT2D eigenvalue weighted by Crippen LogP contribution is -2.05. The van der Waals surface area contributed by atoms with Crippen LogP contribution in [0.4, 0.5) is 0 Å². The monoisotopic (exact) mass is 398 g/mol. The minimum atomic E-state index is 0.464. The molecule has 0 radical (unpaired) electrons. The first kappa shape index (κ1) is 18.6. The molecule has 0 fully saturated rings. The number of halogens is 3. The third-order valence-electron chi connectivity index (χ3n) is 4.30. The molecule has 2 heterocycles. The molecule has 1 aromatic carbocycles. The van der Waals surface area contributed by atoms with Crippen LogP contribution in [0.3, 0.4) is 0 Å². The molecule has 0 aliphatic carbocycles. The van der Waals surface area contributed by atoms with E-state index >= 15 is 0 Å². The largest absolute Gasteiger partial charge is 0.325 e. The van der Waals surface area contributed by atoms with E-state index in [1.807, 2.05) is 0 Å². The molecule has 0 amide bonds. The Labute approximate surface area is 162 Å². The van der Waals surface area contributed by atoms with E-state index in [0.717, 1.165) is 54.9 Å². The van der Waals surface area contributed by atoms with Gasteiger partial charge in [0.1, 0.15) is 17.0 Å². The summed E-state index contributed by atoms with van der Waals surface area (Å²) < 4.78 is 4.05. The Bertz CT molecular complexity index is 888. The predicted molar refractivity (Wildman–Crippen MR) is 106 cm³/mol. The summed E-state index contributed by atoms with van der Waals surface area (Å²) in [5, 5.41) is 6.18. The van der Waals surface area contributed by atoms with Crippen molar-refractivity contribution in [2.45, 2.75) is 53.0 Å². The van der Waals surface area contributed by atoms with Gasteiger partial charge in [0.2, 0.25) is 0 Å². The van der Waals surface area contributed by atoms with Crippen LogP contribution in [0.15, 0.2) is 12.1 Å². The molecular weight excluding hydrogens is 379 g/mol. The van der Waals surface area contributed by atoms with Crippen molar-refractivity contribution in [1.82, 2.24) is 19.3 Å². The number of aromatic nitrogens is 4. The maximum Gasteiger partial charge on any atom is 0.181 e. The third-order valence-corrected chi connectivity index (χ3v) is 5.10. The summed E-state index contributed by atoms with van der Waals surface area (Å²) in [6.45, 7) is 7.35. The van der Waals surface area contributed by atoms with Crippen molar-refractivity contribution in [1.29, 1.82) is 0 Å². The second kappa shape index (κ2) is 7.56. The number of hydrogen-bond acceptors (Lipinski definition) is 2. The zero-order valence-corrected chi connectivity index (χ0v) is 16.9. The van der Waals surface area contributed by atoms with E-state index in [0.29, 0.717) is 20.8 Å². The SMILES string of the molecule is CCCCn1c(CC)nc2c1c(CC)nn2-c1c(Cl)cc(Cl)cc1Cl. The molecule has 0 aliphatic heterocycles. The number of aryl methyl sites for hydroxylation is 3. The van der Waals surface area contributed by atoms with E-state index in [1.54, 1.807) is 16.8 Å². The summed E-state index contributed by atoms with van der Waals surface area (Å²) in [5.41, 5.74) is 3.51. The van der Waals surface area contributed by atoms with Crippen molar-refractivity contribution in [2.75, 3.05) is 0 Å². The second-order valence-electron chi connectivity index (χ2n) is 5.99. The molecule has 0 saturated carbocycles. The molecule has 0 N–H and O–H groups in total. The van der Waals surface area contributed by atoms with Crippen molar-refractivity contribution in [3.05, 3.63) is 38.7 Å². The Morgan fingerprint density at radius 1 is 1.00 bits per heavy atom. The number of hydrogen-bond donors (Lipinski definition) is 0. The van der Waals surface area contributed by atoms with Gasteiger partial charge in [0.05, 0.1) is 15.7 Å². The van der Waals surface area contributed by atoms with E-state index in [9.17, 15) is 0 Å². The first-order chi connectivity index (χ1) is 12.0. The van der Waals surface area contributed by atoms with Gasteiger partial charge >= 0.3 is 0 Å². The fraction of sp³-hybridized carbons (Fsp3) is 0.444. The summed E-state index contributed by atoms with van der Waals surface area (Å²) >= 11 is 18.9. The van der Waals surface area contributed by atoms with E-state index in [1.165, 1.54) is 0 Å². The summed E-state index contributed by atoms with van der Waals surface area (Å²) in [5.74, 6) is 1.06. The van der Waals surface area contributed by atoms with Crippen LogP contribution in [0.5, 0.6) is 0 Å². The molecular formula is C18H21Cl3N4. The highest BCUT2D eigenvalue weighted by atomic mass is 35.5. The van der Waals surface area contributed by atoms with Crippen LogP contribution in [-0.2, 0) is 19.4 Å². The van der Waals surface area contributed by atoms with Gasteiger partial charge < -0.3 is 4.57 Å². The molecule has 134 valence electrons. The highest BCUT2D eigenvalue weighted by Gasteiger charge is 2.22. The first-order valence-corrected chi connectivity index (χ1v) is 9.77. The Morgan fingerprint density at radius 3 is 2.24 bits per heavy atom. The standard InChI is InChI=1S/C18H21Cl3N4/c1-4-7-8-24-15(6-3)22-18-17(24)14(5-2)23-25(18)16-12(20)9-11(19)10-13(16)21/h9-10H,4-8H2,1-3H3. The van der Waals surface area contributed by atoms with Crippen LogP contribution in [-0.4, -0.2) is 19.3 Å². The van der Waals surface area contributed by atoms with Gasteiger partial charge in [0.15, 0.2) is 5.65 Å². The number of nitrogens with zero attached hydrogens (tertiary/aromatic N) is 4. The Balaban J connectivity index is 2.29. The number of fused-ring (bicyclic) bond motifs is 1. The fourth-order valence-corrected chi connectivity index (χ4v) is 4.07. The number of rotatable bonds is 6. The van der Waals surface area contributed by atoms with Crippen molar-refractivity contribution in [2.24, 2.45) is 0 Å². The zero-order chi connectivity index (χ0) is 18.1. The smallest absolute Gasteiger partial charge is 0.181 e. The van der Waals surface area contributed by atoms with Crippen molar-refractivity contribution < 1.29 is 0 Å². The van der Waals surface area contributed by atoms with Gasteiger partial charge in [0.25, 0.3) is 0 Å². The fourth-order valence-electron chi connectivity index (χ4n) is 3.09. The van der Waals surface area contributed by atoms with Gasteiger partial charge in [-0.15, -0.1) is 0 Å². The van der Waals surface area contributed by atoms with Crippen LogP contribution >= 0.6 is 34.8 Å². The minimum absolute atomic E-state index is 0.464. The maximum absolute atomic E-state index is 6.42. The normalized spacial score (nSPS) is 11.6. The van der Waals surface area contributed by atoms with Gasteiger partial charge in [-0.25, -0.2) is 9.67 Å². The first-order valence-electron chi connectivity index (χ1n) is 8.63. The molecule has 25 heavy (non-hydrogen) atoms. The Hall–Kier alpha value is -1.23. The zero-order valence-electron chi connectivity index (χ0n) is 14.6. The van der Waals surface area contributed by atoms with Gasteiger partial charge in [-0.1, -0.05) is 62.0 Å². The third kappa shape index (κ3) is 3.27. The van der Waals surface area contributed by atoms with Crippen LogP contribution in [0.1, 0.15) is 45.1 Å². The molecule has 3 rings (SSSR count). The van der Waals surface area contributed by atoms with Gasteiger partial charge in [-0.05, 0) is 25.0 Å². The second-order valence-corrected chi connectivity index (χ2v) is 7.24. The molecule has 3 aromatic rings. The Morgan fingerprint density at radius 2 is 1.68 bits per heavy atom. The van der Waals surface area contributed by atoms with Gasteiger partial charge in [-0.2, -0.15) is 5.10 Å². The van der Waals surface area contributed by atoms with Crippen molar-refractivity contribution >= 4 is 46.0 Å². The average Bonchev–Trinajstić information content (AvgIpc) is 3.09. The molecule has 0 atom stereocenters. The molecule has 7 heteroatoms. The van der Waals surface area contributed by atoms with Crippen LogP contribution < -0.4 is 0 Å². The maximum atomic E-state index is 6.42. The molecule has 0 bridgehead atoms. The Kier molecular flexibility index (Phi) is 5.62. The summed E-state index contributed by atoms with van der Waals surface area (Å²) in [6.07, 6.45) is 3.92. The molecule has 0 spiro atoms. The lowest BCUT2D eigenvalue weighted by Gasteiger charge is -2.08. The number of unbranched alkanes of at least 4 members (excludes halogenated alkanes) is 1. The molecule has 0 saturated heterocycles. The van der Waals surface area contributed by atoms with Crippen LogP contribution in [0.2, 0.25) is 15.1 Å². The van der Waals surface area contributed by atoms with Crippen molar-refractivity contribution in [3.63, 3.8) is 0 Å². The molecule has 4 nitrogen and oxygen atoms in total. The van der Waals surface area contributed by atoms with E-state index in [-0.39, 0.29) is 0 Å². The van der Waals surface area contributed by atoms with E-state index in [4.69, 9.17) is 44.9 Å². The quantitative estimate of drug-likeness (QED) is 0.501.